The summed E-state index contributed by atoms with van der Waals surface area (Å²) in [5.74, 6) is 0.974. The van der Waals surface area contributed by atoms with Crippen LogP contribution in [0.25, 0.3) is 11.1 Å². The highest BCUT2D eigenvalue weighted by molar-refractivity contribution is 5.94. The molecule has 1 unspecified atom stereocenters. The van der Waals surface area contributed by atoms with Crippen molar-refractivity contribution in [1.82, 2.24) is 9.88 Å². The maximum Gasteiger partial charge on any atom is 0.248 e. The highest BCUT2D eigenvalue weighted by Gasteiger charge is 2.24. The average molecular weight is 444 g/mol. The van der Waals surface area contributed by atoms with E-state index in [9.17, 15) is 4.79 Å². The predicted molar refractivity (Wildman–Crippen MR) is 133 cm³/mol. The third-order valence-corrected chi connectivity index (χ3v) is 7.00. The number of aromatic nitrogens is 1. The zero-order chi connectivity index (χ0) is 23.5. The molecule has 0 saturated carbocycles. The van der Waals surface area contributed by atoms with Gasteiger partial charge in [-0.3, -0.25) is 14.7 Å². The van der Waals surface area contributed by atoms with Gasteiger partial charge in [0.2, 0.25) is 5.91 Å². The summed E-state index contributed by atoms with van der Waals surface area (Å²) < 4.78 is 5.54. The Balaban J connectivity index is 1.49. The zero-order valence-corrected chi connectivity index (χ0v) is 20.0. The first-order valence-electron chi connectivity index (χ1n) is 11.6. The van der Waals surface area contributed by atoms with Crippen LogP contribution in [-0.4, -0.2) is 36.0 Å². The Kier molecular flexibility index (Phi) is 6.80. The van der Waals surface area contributed by atoms with Crippen molar-refractivity contribution >= 4 is 5.91 Å². The van der Waals surface area contributed by atoms with E-state index in [1.165, 1.54) is 28.7 Å². The second-order valence-electron chi connectivity index (χ2n) is 9.12. The van der Waals surface area contributed by atoms with E-state index in [1.807, 2.05) is 24.4 Å². The van der Waals surface area contributed by atoms with Crippen molar-refractivity contribution in [1.29, 1.82) is 0 Å². The third kappa shape index (κ3) is 4.93. The van der Waals surface area contributed by atoms with E-state index < -0.39 is 5.91 Å². The summed E-state index contributed by atoms with van der Waals surface area (Å²) in [6, 6.07) is 13.8. The van der Waals surface area contributed by atoms with E-state index in [4.69, 9.17) is 15.5 Å². The molecule has 1 amide bonds. The number of carbonyl (C=O) groups is 1. The van der Waals surface area contributed by atoms with Crippen molar-refractivity contribution in [2.45, 2.75) is 46.1 Å². The smallest absolute Gasteiger partial charge is 0.248 e. The van der Waals surface area contributed by atoms with Crippen LogP contribution < -0.4 is 10.5 Å². The number of primary amides is 1. The molecule has 1 fully saturated rings. The second-order valence-corrected chi connectivity index (χ2v) is 9.12. The highest BCUT2D eigenvalue weighted by atomic mass is 16.5. The molecule has 0 radical (unpaired) electrons. The fraction of sp³-hybridized carbons (Fsp3) is 0.357. The number of pyridine rings is 1. The van der Waals surface area contributed by atoms with E-state index in [0.29, 0.717) is 11.5 Å². The third-order valence-electron chi connectivity index (χ3n) is 7.00. The second kappa shape index (κ2) is 9.75. The summed E-state index contributed by atoms with van der Waals surface area (Å²) in [5, 5.41) is 0. The lowest BCUT2D eigenvalue weighted by molar-refractivity contribution is 0.100. The van der Waals surface area contributed by atoms with E-state index in [2.05, 4.69) is 43.9 Å². The first-order valence-corrected chi connectivity index (χ1v) is 11.6. The van der Waals surface area contributed by atoms with E-state index >= 15 is 0 Å². The number of piperidine rings is 1. The van der Waals surface area contributed by atoms with Gasteiger partial charge >= 0.3 is 0 Å². The molecule has 2 heterocycles. The van der Waals surface area contributed by atoms with Crippen LogP contribution in [0.2, 0.25) is 0 Å². The Hall–Kier alpha value is -3.18. The van der Waals surface area contributed by atoms with Crippen LogP contribution in [0.4, 0.5) is 0 Å². The number of hydrogen-bond donors (Lipinski definition) is 1. The molecule has 1 aliphatic heterocycles. The first-order chi connectivity index (χ1) is 15.9. The number of methoxy groups -OCH3 is 1. The van der Waals surface area contributed by atoms with Gasteiger partial charge in [0.15, 0.2) is 0 Å². The van der Waals surface area contributed by atoms with Gasteiger partial charge in [-0.25, -0.2) is 0 Å². The summed E-state index contributed by atoms with van der Waals surface area (Å²) in [5.41, 5.74) is 14.3. The molecule has 5 heteroatoms. The van der Waals surface area contributed by atoms with Crippen molar-refractivity contribution < 1.29 is 9.53 Å². The Labute approximate surface area is 196 Å². The summed E-state index contributed by atoms with van der Waals surface area (Å²) in [6.07, 6.45) is 4.23. The van der Waals surface area contributed by atoms with Gasteiger partial charge in [0.25, 0.3) is 0 Å². The highest BCUT2D eigenvalue weighted by Crippen LogP contribution is 2.32. The van der Waals surface area contributed by atoms with Gasteiger partial charge in [0.05, 0.1) is 7.11 Å². The molecule has 0 bridgehead atoms. The summed E-state index contributed by atoms with van der Waals surface area (Å²) in [4.78, 5) is 18.9. The summed E-state index contributed by atoms with van der Waals surface area (Å²) >= 11 is 0. The molecular formula is C28H33N3O2. The minimum Gasteiger partial charge on any atom is -0.496 e. The van der Waals surface area contributed by atoms with Crippen LogP contribution >= 0.6 is 0 Å². The van der Waals surface area contributed by atoms with Gasteiger partial charge in [-0.05, 0) is 92.2 Å². The number of likely N-dealkylation sites (tertiary alicyclic amines) is 1. The molecule has 2 N–H and O–H groups in total. The number of ether oxygens (including phenoxy) is 1. The fourth-order valence-corrected chi connectivity index (χ4v) is 4.89. The molecule has 4 rings (SSSR count). The first kappa shape index (κ1) is 23.0. The Bertz CT molecular complexity index is 1150. The summed E-state index contributed by atoms with van der Waals surface area (Å²) in [7, 11) is 1.74. The molecule has 2 aromatic carbocycles. The van der Waals surface area contributed by atoms with Crippen molar-refractivity contribution in [2.24, 2.45) is 5.73 Å². The van der Waals surface area contributed by atoms with Gasteiger partial charge in [-0.1, -0.05) is 18.2 Å². The number of amides is 1. The van der Waals surface area contributed by atoms with Crippen LogP contribution in [0.5, 0.6) is 5.75 Å². The maximum absolute atomic E-state index is 11.5. The molecule has 0 aliphatic carbocycles. The number of aryl methyl sites for hydroxylation is 1. The molecule has 1 aliphatic rings. The quantitative estimate of drug-likeness (QED) is 0.571. The van der Waals surface area contributed by atoms with E-state index in [-0.39, 0.29) is 0 Å². The monoisotopic (exact) mass is 443 g/mol. The molecule has 1 aromatic heterocycles. The SMILES string of the molecule is COc1cc(C)c(CN2CCCC(c3ccc(-c4cccc(C(N)=O)c4)cn3)C2)c(C)c1C. The number of nitrogens with zero attached hydrogens (tertiary/aromatic N) is 2. The normalized spacial score (nSPS) is 16.5. The number of carbonyl (C=O) groups excluding carboxylic acids is 1. The molecular weight excluding hydrogens is 410 g/mol. The number of hydrogen-bond acceptors (Lipinski definition) is 4. The molecule has 1 saturated heterocycles. The van der Waals surface area contributed by atoms with Crippen LogP contribution in [0.3, 0.4) is 0 Å². The van der Waals surface area contributed by atoms with Crippen molar-refractivity contribution in [2.75, 3.05) is 20.2 Å². The van der Waals surface area contributed by atoms with Crippen LogP contribution in [-0.2, 0) is 6.54 Å². The number of benzene rings is 2. The lowest BCUT2D eigenvalue weighted by Gasteiger charge is -2.33. The van der Waals surface area contributed by atoms with Crippen molar-refractivity contribution in [3.8, 4) is 16.9 Å². The molecule has 5 nitrogen and oxygen atoms in total. The topological polar surface area (TPSA) is 68.5 Å². The fourth-order valence-electron chi connectivity index (χ4n) is 4.89. The zero-order valence-electron chi connectivity index (χ0n) is 20.0. The largest absolute Gasteiger partial charge is 0.496 e. The molecule has 0 spiro atoms. The molecule has 1 atom stereocenters. The Morgan fingerprint density at radius 3 is 2.64 bits per heavy atom. The number of nitrogens with two attached hydrogens (primary N) is 1. The van der Waals surface area contributed by atoms with Crippen molar-refractivity contribution in [3.63, 3.8) is 0 Å². The lowest BCUT2D eigenvalue weighted by Crippen LogP contribution is -2.34. The molecule has 172 valence electrons. The standard InChI is InChI=1S/C28H33N3O2/c1-18-13-27(33-4)20(3)19(2)25(18)17-31-12-6-9-24(16-31)26-11-10-23(15-30-26)21-7-5-8-22(14-21)28(29)32/h5,7-8,10-11,13-15,24H,6,9,12,16-17H2,1-4H3,(H2,29,32). The van der Waals surface area contributed by atoms with Gasteiger partial charge in [0.1, 0.15) is 5.75 Å². The van der Waals surface area contributed by atoms with Gasteiger partial charge in [0, 0.05) is 42.0 Å². The van der Waals surface area contributed by atoms with Gasteiger partial charge in [-0.15, -0.1) is 0 Å². The van der Waals surface area contributed by atoms with Crippen molar-refractivity contribution in [3.05, 3.63) is 82.2 Å². The molecule has 3 aromatic rings. The van der Waals surface area contributed by atoms with E-state index in [0.717, 1.165) is 48.6 Å². The Morgan fingerprint density at radius 1 is 1.12 bits per heavy atom. The van der Waals surface area contributed by atoms with Crippen LogP contribution in [0, 0.1) is 20.8 Å². The van der Waals surface area contributed by atoms with Crippen LogP contribution in [0.15, 0.2) is 48.7 Å². The predicted octanol–water partition coefficient (Wildman–Crippen LogP) is 5.16. The minimum atomic E-state index is -0.416. The Morgan fingerprint density at radius 2 is 1.94 bits per heavy atom. The maximum atomic E-state index is 11.5. The van der Waals surface area contributed by atoms with Gasteiger partial charge in [-0.2, -0.15) is 0 Å². The average Bonchev–Trinajstić information content (AvgIpc) is 2.84. The minimum absolute atomic E-state index is 0.416. The molecule has 33 heavy (non-hydrogen) atoms. The number of rotatable bonds is 6. The van der Waals surface area contributed by atoms with Crippen LogP contribution in [0.1, 0.15) is 57.1 Å². The van der Waals surface area contributed by atoms with E-state index in [1.54, 1.807) is 13.2 Å². The van der Waals surface area contributed by atoms with Gasteiger partial charge < -0.3 is 10.5 Å². The summed E-state index contributed by atoms with van der Waals surface area (Å²) in [6.45, 7) is 9.60. The lowest BCUT2D eigenvalue weighted by atomic mass is 9.92.